The molecule has 0 aromatic rings. The van der Waals surface area contributed by atoms with Crippen LogP contribution in [-0.2, 0) is 27.9 Å². The molecule has 2 unspecified atom stereocenters. The molecule has 0 saturated heterocycles. The Kier molecular flexibility index (Phi) is 43.8. The highest BCUT2D eigenvalue weighted by Crippen LogP contribution is 2.38. The number of carbonyl (C=O) groups is 1. The normalized spacial score (nSPS) is 13.8. The fraction of sp³-hybridized carbons (Fsp3) is 0.902. The molecule has 0 heterocycles. The Hall–Kier alpha value is -1.02. The monoisotopic (exact) mass is 870 g/mol. The third-order valence-corrected chi connectivity index (χ3v) is 12.2. The predicted molar refractivity (Wildman–Crippen MR) is 254 cm³/mol. The fourth-order valence-corrected chi connectivity index (χ4v) is 8.01. The summed E-state index contributed by atoms with van der Waals surface area (Å²) in [6, 6.07) is 0. The molecule has 9 heteroatoms. The number of rotatable bonds is 48. The Morgan fingerprint density at radius 3 is 1.35 bits per heavy atom. The molecule has 0 radical (unpaired) electrons. The minimum Gasteiger partial charge on any atom is -0.756 e. The Morgan fingerprint density at radius 2 is 0.917 bits per heavy atom. The summed E-state index contributed by atoms with van der Waals surface area (Å²) in [4.78, 5) is 25.1. The second-order valence-corrected chi connectivity index (χ2v) is 19.9. The van der Waals surface area contributed by atoms with Crippen LogP contribution >= 0.6 is 7.82 Å². The van der Waals surface area contributed by atoms with Crippen LogP contribution in [0.2, 0.25) is 0 Å². The number of likely N-dealkylation sites (N-methyl/N-ethyl adjacent to an activating group) is 1. The molecule has 0 aliphatic rings. The highest BCUT2D eigenvalue weighted by Gasteiger charge is 2.20. The SMILES string of the molecule is CCCCCCC/C=C\C/C=C\CCCCCCCCCCCCCCOCC(COP(=O)([O-])OCC[N+](C)(C)C)OC(=O)CCCCCCCCCCCCCCCC. The van der Waals surface area contributed by atoms with Gasteiger partial charge in [-0.05, 0) is 44.9 Å². The van der Waals surface area contributed by atoms with Gasteiger partial charge in [0.2, 0.25) is 0 Å². The zero-order chi connectivity index (χ0) is 44.1. The van der Waals surface area contributed by atoms with E-state index in [2.05, 4.69) is 38.2 Å². The molecule has 0 spiro atoms. The summed E-state index contributed by atoms with van der Waals surface area (Å²) in [5.74, 6) is -0.330. The summed E-state index contributed by atoms with van der Waals surface area (Å²) in [7, 11) is 1.37. The molecular weight excluding hydrogens is 770 g/mol. The number of phosphoric acid groups is 1. The number of allylic oxidation sites excluding steroid dienone is 4. The van der Waals surface area contributed by atoms with E-state index >= 15 is 0 Å². The molecule has 2 atom stereocenters. The highest BCUT2D eigenvalue weighted by atomic mass is 31.2. The predicted octanol–water partition coefficient (Wildman–Crippen LogP) is 14.9. The molecule has 0 saturated carbocycles. The van der Waals surface area contributed by atoms with Crippen LogP contribution in [0.3, 0.4) is 0 Å². The number of hydrogen-bond acceptors (Lipinski definition) is 7. The van der Waals surface area contributed by atoms with E-state index in [4.69, 9.17) is 18.5 Å². The van der Waals surface area contributed by atoms with E-state index in [1.54, 1.807) is 0 Å². The summed E-state index contributed by atoms with van der Waals surface area (Å²) >= 11 is 0. The lowest BCUT2D eigenvalue weighted by molar-refractivity contribution is -0.870. The van der Waals surface area contributed by atoms with Gasteiger partial charge in [0, 0.05) is 13.0 Å². The van der Waals surface area contributed by atoms with Gasteiger partial charge < -0.3 is 27.9 Å². The number of quaternary nitrogens is 1. The van der Waals surface area contributed by atoms with Crippen LogP contribution in [0.15, 0.2) is 24.3 Å². The molecule has 0 aliphatic heterocycles. The first-order valence-electron chi connectivity index (χ1n) is 25.6. The lowest BCUT2D eigenvalue weighted by Gasteiger charge is -2.28. The van der Waals surface area contributed by atoms with Crippen LogP contribution < -0.4 is 4.89 Å². The van der Waals surface area contributed by atoms with E-state index in [9.17, 15) is 14.3 Å². The molecule has 0 N–H and O–H groups in total. The second-order valence-electron chi connectivity index (χ2n) is 18.5. The lowest BCUT2D eigenvalue weighted by atomic mass is 10.0. The molecule has 356 valence electrons. The zero-order valence-corrected chi connectivity index (χ0v) is 41.3. The molecule has 0 aromatic heterocycles. The largest absolute Gasteiger partial charge is 0.756 e. The molecule has 0 amide bonds. The van der Waals surface area contributed by atoms with E-state index < -0.39 is 13.9 Å². The third-order valence-electron chi connectivity index (χ3n) is 11.3. The quantitative estimate of drug-likeness (QED) is 0.0198. The number of unbranched alkanes of at least 4 members (excludes halogenated alkanes) is 30. The first-order valence-corrected chi connectivity index (χ1v) is 27.0. The van der Waals surface area contributed by atoms with Crippen LogP contribution in [0.1, 0.15) is 239 Å². The average Bonchev–Trinajstić information content (AvgIpc) is 3.20. The van der Waals surface area contributed by atoms with Crippen molar-refractivity contribution in [2.24, 2.45) is 0 Å². The molecule has 60 heavy (non-hydrogen) atoms. The van der Waals surface area contributed by atoms with E-state index in [0.717, 1.165) is 38.5 Å². The summed E-state index contributed by atoms with van der Waals surface area (Å²) in [6.45, 7) is 5.44. The molecular formula is C51H100NO7P. The van der Waals surface area contributed by atoms with Crippen molar-refractivity contribution in [2.45, 2.75) is 245 Å². The van der Waals surface area contributed by atoms with Crippen molar-refractivity contribution in [2.75, 3.05) is 54.1 Å². The third kappa shape index (κ3) is 48.0. The van der Waals surface area contributed by atoms with Crippen LogP contribution in [0.25, 0.3) is 0 Å². The fourth-order valence-electron chi connectivity index (χ4n) is 7.28. The number of carbonyl (C=O) groups excluding carboxylic acids is 1. The van der Waals surface area contributed by atoms with Gasteiger partial charge in [-0.25, -0.2) is 0 Å². The standard InChI is InChI=1S/C51H100NO7P/c1-6-8-10-12-14-16-18-20-22-23-24-25-26-27-28-29-30-31-33-35-37-39-41-43-46-56-48-50(49-58-60(54,55)57-47-45-52(3,4)5)59-51(53)44-42-40-38-36-34-32-21-19-17-15-13-11-9-7-2/h18,20,23-24,50H,6-17,19,21-22,25-49H2,1-5H3/b20-18-,24-23-. The Bertz CT molecular complexity index is 1010. The number of esters is 1. The number of phosphoric ester groups is 1. The summed E-state index contributed by atoms with van der Waals surface area (Å²) < 4.78 is 34.7. The van der Waals surface area contributed by atoms with Crippen molar-refractivity contribution < 1.29 is 37.3 Å². The second kappa shape index (κ2) is 44.6. The van der Waals surface area contributed by atoms with Crippen molar-refractivity contribution in [1.29, 1.82) is 0 Å². The Morgan fingerprint density at radius 1 is 0.517 bits per heavy atom. The highest BCUT2D eigenvalue weighted by molar-refractivity contribution is 7.45. The van der Waals surface area contributed by atoms with E-state index in [1.165, 1.54) is 180 Å². The van der Waals surface area contributed by atoms with Crippen molar-refractivity contribution in [3.63, 3.8) is 0 Å². The van der Waals surface area contributed by atoms with Gasteiger partial charge in [0.05, 0.1) is 34.4 Å². The van der Waals surface area contributed by atoms with E-state index in [0.29, 0.717) is 24.1 Å². The van der Waals surface area contributed by atoms with Gasteiger partial charge in [-0.2, -0.15) is 0 Å². The van der Waals surface area contributed by atoms with Gasteiger partial charge in [0.25, 0.3) is 7.82 Å². The van der Waals surface area contributed by atoms with Gasteiger partial charge in [0.15, 0.2) is 0 Å². The van der Waals surface area contributed by atoms with Gasteiger partial charge >= 0.3 is 5.97 Å². The van der Waals surface area contributed by atoms with Gasteiger partial charge in [-0.1, -0.05) is 212 Å². The molecule has 0 aromatic carbocycles. The van der Waals surface area contributed by atoms with Crippen molar-refractivity contribution in [3.8, 4) is 0 Å². The first-order chi connectivity index (χ1) is 29.1. The van der Waals surface area contributed by atoms with Crippen LogP contribution in [0.4, 0.5) is 0 Å². The topological polar surface area (TPSA) is 94.1 Å². The zero-order valence-electron chi connectivity index (χ0n) is 40.4. The molecule has 0 rings (SSSR count). The van der Waals surface area contributed by atoms with Gasteiger partial charge in [0.1, 0.15) is 19.3 Å². The maximum absolute atomic E-state index is 12.7. The first kappa shape index (κ1) is 59.0. The minimum absolute atomic E-state index is 0.0284. The summed E-state index contributed by atoms with van der Waals surface area (Å²) in [6.07, 6.45) is 52.0. The summed E-state index contributed by atoms with van der Waals surface area (Å²) in [5.41, 5.74) is 0. The smallest absolute Gasteiger partial charge is 0.306 e. The maximum atomic E-state index is 12.7. The maximum Gasteiger partial charge on any atom is 0.306 e. The van der Waals surface area contributed by atoms with Crippen LogP contribution in [0.5, 0.6) is 0 Å². The Balaban J connectivity index is 4.07. The molecule has 0 fully saturated rings. The van der Waals surface area contributed by atoms with E-state index in [1.807, 2.05) is 21.1 Å². The summed E-state index contributed by atoms with van der Waals surface area (Å²) in [5, 5.41) is 0. The van der Waals surface area contributed by atoms with Gasteiger partial charge in [-0.15, -0.1) is 0 Å². The van der Waals surface area contributed by atoms with E-state index in [-0.39, 0.29) is 25.8 Å². The van der Waals surface area contributed by atoms with Crippen LogP contribution in [-0.4, -0.2) is 70.7 Å². The van der Waals surface area contributed by atoms with Crippen LogP contribution in [0, 0.1) is 0 Å². The molecule has 8 nitrogen and oxygen atoms in total. The van der Waals surface area contributed by atoms with Crippen molar-refractivity contribution >= 4 is 13.8 Å². The molecule has 0 bridgehead atoms. The van der Waals surface area contributed by atoms with Crippen molar-refractivity contribution in [3.05, 3.63) is 24.3 Å². The number of nitrogens with zero attached hydrogens (tertiary/aromatic N) is 1. The van der Waals surface area contributed by atoms with Gasteiger partial charge in [-0.3, -0.25) is 9.36 Å². The minimum atomic E-state index is -4.52. The lowest BCUT2D eigenvalue weighted by Crippen LogP contribution is -2.37. The van der Waals surface area contributed by atoms with Crippen molar-refractivity contribution in [1.82, 2.24) is 0 Å². The number of hydrogen-bond donors (Lipinski definition) is 0. The Labute approximate surface area is 373 Å². The average molecular weight is 870 g/mol. The molecule has 0 aliphatic carbocycles. The number of ether oxygens (including phenoxy) is 2.